The van der Waals surface area contributed by atoms with E-state index in [2.05, 4.69) is 6.58 Å². The van der Waals surface area contributed by atoms with Gasteiger partial charge in [0.1, 0.15) is 5.75 Å². The van der Waals surface area contributed by atoms with Crippen LogP contribution in [0.15, 0.2) is 36.4 Å². The Labute approximate surface area is 107 Å². The first-order valence-corrected chi connectivity index (χ1v) is 5.88. The zero-order chi connectivity index (χ0) is 13.4. The fourth-order valence-corrected chi connectivity index (χ4v) is 1.30. The number of ether oxygens (including phenoxy) is 2. The first-order valence-electron chi connectivity index (χ1n) is 5.88. The second kappa shape index (κ2) is 7.50. The van der Waals surface area contributed by atoms with Crippen molar-refractivity contribution in [2.45, 2.75) is 19.9 Å². The van der Waals surface area contributed by atoms with Crippen LogP contribution >= 0.6 is 0 Å². The summed E-state index contributed by atoms with van der Waals surface area (Å²) in [6.45, 7) is 6.45. The largest absolute Gasteiger partial charge is 0.493 e. The fourth-order valence-electron chi connectivity index (χ4n) is 1.30. The maximum Gasteiger partial charge on any atom is 0.333 e. The Morgan fingerprint density at radius 2 is 2.17 bits per heavy atom. The quantitative estimate of drug-likeness (QED) is 0.456. The molecule has 4 nitrogen and oxygen atoms in total. The summed E-state index contributed by atoms with van der Waals surface area (Å²) in [6, 6.07) is 7.62. The lowest BCUT2D eigenvalue weighted by Gasteiger charge is -2.08. The van der Waals surface area contributed by atoms with Crippen LogP contribution in [0.2, 0.25) is 0 Å². The molecule has 1 rings (SSSR count). The van der Waals surface area contributed by atoms with E-state index in [-0.39, 0.29) is 5.97 Å². The average Bonchev–Trinajstić information content (AvgIpc) is 2.38. The van der Waals surface area contributed by atoms with Crippen molar-refractivity contribution in [1.82, 2.24) is 0 Å². The zero-order valence-corrected chi connectivity index (χ0v) is 10.6. The predicted octanol–water partition coefficient (Wildman–Crippen LogP) is 2.03. The lowest BCUT2D eigenvalue weighted by atomic mass is 10.2. The number of hydrogen-bond acceptors (Lipinski definition) is 4. The summed E-state index contributed by atoms with van der Waals surface area (Å²) in [4.78, 5) is 11.1. The number of carbonyl (C=O) groups is 1. The van der Waals surface area contributed by atoms with E-state index in [9.17, 15) is 4.79 Å². The molecule has 0 atom stereocenters. The van der Waals surface area contributed by atoms with E-state index < -0.39 is 0 Å². The molecule has 0 radical (unpaired) electrons. The topological polar surface area (TPSA) is 61.5 Å². The normalized spacial score (nSPS) is 9.89. The molecule has 0 aliphatic heterocycles. The van der Waals surface area contributed by atoms with Gasteiger partial charge in [-0.15, -0.1) is 0 Å². The summed E-state index contributed by atoms with van der Waals surface area (Å²) < 4.78 is 10.5. The molecule has 4 heteroatoms. The molecule has 1 aromatic carbocycles. The molecule has 1 aromatic rings. The number of hydrogen-bond donors (Lipinski definition) is 1. The molecule has 18 heavy (non-hydrogen) atoms. The third-order valence-electron chi connectivity index (χ3n) is 2.27. The van der Waals surface area contributed by atoms with Crippen molar-refractivity contribution in [3.8, 4) is 5.75 Å². The highest BCUT2D eigenvalue weighted by Gasteiger charge is 2.02. The molecule has 0 fully saturated rings. The molecular weight excluding hydrogens is 230 g/mol. The molecule has 2 N–H and O–H groups in total. The van der Waals surface area contributed by atoms with Gasteiger partial charge in [0.2, 0.25) is 0 Å². The van der Waals surface area contributed by atoms with Gasteiger partial charge in [0.05, 0.1) is 13.2 Å². The number of esters is 1. The van der Waals surface area contributed by atoms with Crippen molar-refractivity contribution in [3.63, 3.8) is 0 Å². The SMILES string of the molecule is C=C(C)C(=O)OCCCOc1cccc(CN)c1. The molecule has 0 spiro atoms. The van der Waals surface area contributed by atoms with Gasteiger partial charge < -0.3 is 15.2 Å². The van der Waals surface area contributed by atoms with Crippen LogP contribution in [0.1, 0.15) is 18.9 Å². The van der Waals surface area contributed by atoms with Crippen molar-refractivity contribution >= 4 is 5.97 Å². The van der Waals surface area contributed by atoms with Gasteiger partial charge in [-0.3, -0.25) is 0 Å². The van der Waals surface area contributed by atoms with Crippen LogP contribution in [0.4, 0.5) is 0 Å². The van der Waals surface area contributed by atoms with E-state index in [4.69, 9.17) is 15.2 Å². The van der Waals surface area contributed by atoms with E-state index in [0.717, 1.165) is 11.3 Å². The smallest absolute Gasteiger partial charge is 0.333 e. The van der Waals surface area contributed by atoms with Gasteiger partial charge in [0.15, 0.2) is 0 Å². The van der Waals surface area contributed by atoms with Gasteiger partial charge in [-0.2, -0.15) is 0 Å². The van der Waals surface area contributed by atoms with Gasteiger partial charge in [-0.05, 0) is 24.6 Å². The Bertz CT molecular complexity index is 415. The number of rotatable bonds is 7. The van der Waals surface area contributed by atoms with Crippen molar-refractivity contribution < 1.29 is 14.3 Å². The molecule has 0 aliphatic carbocycles. The summed E-state index contributed by atoms with van der Waals surface area (Å²) in [5.74, 6) is 0.421. The number of carbonyl (C=O) groups excluding carboxylic acids is 1. The van der Waals surface area contributed by atoms with Gasteiger partial charge >= 0.3 is 5.97 Å². The Kier molecular flexibility index (Phi) is 5.94. The second-order valence-electron chi connectivity index (χ2n) is 3.97. The Balaban J connectivity index is 2.21. The summed E-state index contributed by atoms with van der Waals surface area (Å²) in [7, 11) is 0. The first-order chi connectivity index (χ1) is 8.63. The molecule has 0 aromatic heterocycles. The monoisotopic (exact) mass is 249 g/mol. The van der Waals surface area contributed by atoms with Crippen molar-refractivity contribution in [2.24, 2.45) is 5.73 Å². The van der Waals surface area contributed by atoms with Crippen LogP contribution in [0.25, 0.3) is 0 Å². The molecule has 0 unspecified atom stereocenters. The standard InChI is InChI=1S/C14H19NO3/c1-11(2)14(16)18-8-4-7-17-13-6-3-5-12(9-13)10-15/h3,5-6,9H,1,4,7-8,10,15H2,2H3. The summed E-state index contributed by atoms with van der Waals surface area (Å²) >= 11 is 0. The summed E-state index contributed by atoms with van der Waals surface area (Å²) in [5, 5.41) is 0. The molecule has 0 bridgehead atoms. The van der Waals surface area contributed by atoms with Crippen molar-refractivity contribution in [1.29, 1.82) is 0 Å². The summed E-state index contributed by atoms with van der Waals surface area (Å²) in [6.07, 6.45) is 0.645. The molecule has 0 aliphatic rings. The third kappa shape index (κ3) is 5.01. The van der Waals surface area contributed by atoms with Crippen LogP contribution < -0.4 is 10.5 Å². The van der Waals surface area contributed by atoms with Gasteiger partial charge in [-0.1, -0.05) is 18.7 Å². The predicted molar refractivity (Wildman–Crippen MR) is 70.2 cm³/mol. The minimum absolute atomic E-state index is 0.336. The Morgan fingerprint density at radius 1 is 1.39 bits per heavy atom. The van der Waals surface area contributed by atoms with E-state index >= 15 is 0 Å². The van der Waals surface area contributed by atoms with Crippen molar-refractivity contribution in [2.75, 3.05) is 13.2 Å². The molecule has 98 valence electrons. The van der Waals surface area contributed by atoms with Crippen molar-refractivity contribution in [3.05, 3.63) is 42.0 Å². The van der Waals surface area contributed by atoms with Crippen LogP contribution in [0.3, 0.4) is 0 Å². The van der Waals surface area contributed by atoms with Crippen LogP contribution in [-0.4, -0.2) is 19.2 Å². The second-order valence-corrected chi connectivity index (χ2v) is 3.97. The minimum Gasteiger partial charge on any atom is -0.493 e. The van der Waals surface area contributed by atoms with E-state index in [1.807, 2.05) is 24.3 Å². The van der Waals surface area contributed by atoms with E-state index in [1.165, 1.54) is 0 Å². The Morgan fingerprint density at radius 3 is 2.83 bits per heavy atom. The maximum absolute atomic E-state index is 11.1. The fraction of sp³-hybridized carbons (Fsp3) is 0.357. The van der Waals surface area contributed by atoms with Crippen LogP contribution in [0.5, 0.6) is 5.75 Å². The average molecular weight is 249 g/mol. The highest BCUT2D eigenvalue weighted by molar-refractivity contribution is 5.86. The van der Waals surface area contributed by atoms with Gasteiger partial charge in [0, 0.05) is 18.5 Å². The number of nitrogens with two attached hydrogens (primary N) is 1. The zero-order valence-electron chi connectivity index (χ0n) is 10.6. The highest BCUT2D eigenvalue weighted by Crippen LogP contribution is 2.12. The molecular formula is C14H19NO3. The molecule has 0 saturated carbocycles. The van der Waals surface area contributed by atoms with Crippen LogP contribution in [0, 0.1) is 0 Å². The highest BCUT2D eigenvalue weighted by atomic mass is 16.5. The Hall–Kier alpha value is -1.81. The van der Waals surface area contributed by atoms with Gasteiger partial charge in [0.25, 0.3) is 0 Å². The van der Waals surface area contributed by atoms with E-state index in [0.29, 0.717) is 31.8 Å². The lowest BCUT2D eigenvalue weighted by Crippen LogP contribution is -2.09. The van der Waals surface area contributed by atoms with Crippen LogP contribution in [-0.2, 0) is 16.1 Å². The molecule has 0 amide bonds. The third-order valence-corrected chi connectivity index (χ3v) is 2.27. The maximum atomic E-state index is 11.1. The molecule has 0 saturated heterocycles. The van der Waals surface area contributed by atoms with Gasteiger partial charge in [-0.25, -0.2) is 4.79 Å². The summed E-state index contributed by atoms with van der Waals surface area (Å²) in [5.41, 5.74) is 6.97. The minimum atomic E-state index is -0.361. The molecule has 0 heterocycles. The number of benzene rings is 1. The first kappa shape index (κ1) is 14.3. The lowest BCUT2D eigenvalue weighted by molar-refractivity contribution is -0.139. The van der Waals surface area contributed by atoms with E-state index in [1.54, 1.807) is 6.92 Å².